The van der Waals surface area contributed by atoms with Crippen LogP contribution in [0.1, 0.15) is 0 Å². The smallest absolute Gasteiger partial charge is 0.0771 e. The van der Waals surface area contributed by atoms with Crippen LogP contribution in [-0.4, -0.2) is 0 Å². The number of nitrogens with zero attached hydrogens (tertiary/aromatic N) is 1. The monoisotopic (exact) mass is 398 g/mol. The number of fused-ring (bicyclic) bond motifs is 3. The van der Waals surface area contributed by atoms with Crippen LogP contribution in [0.3, 0.4) is 0 Å². The minimum Gasteiger partial charge on any atom is -0.352 e. The molecule has 0 saturated heterocycles. The van der Waals surface area contributed by atoms with Crippen LogP contribution in [0.2, 0.25) is 0 Å². The molecule has 0 amide bonds. The summed E-state index contributed by atoms with van der Waals surface area (Å²) in [5.41, 5.74) is 5.59. The Kier molecular flexibility index (Phi) is 4.30. The van der Waals surface area contributed by atoms with E-state index in [2.05, 4.69) is 90.1 Å². The Balaban J connectivity index is 1.73. The molecule has 0 unspecified atom stereocenters. The number of hydrogen-bond acceptors (Lipinski definition) is 4. The van der Waals surface area contributed by atoms with E-state index in [-0.39, 0.29) is 0 Å². The van der Waals surface area contributed by atoms with E-state index in [1.54, 1.807) is 23.5 Å². The first-order chi connectivity index (χ1) is 13.8. The number of thioether (sulfide) groups is 1. The molecule has 5 rings (SSSR count). The number of allylic oxidation sites excluding steroid dienone is 2. The standard InChI is InChI=1S/C24H18N2S2/c1-3-17-20(4-2)27-22-14-8-6-11-18(22)26(17)19-12-9-15-23-24(19)25-16-10-5-7-13-21(16)28-23/h3-15,25H,1-2H2. The maximum absolute atomic E-state index is 4.09. The van der Waals surface area contributed by atoms with Crippen molar-refractivity contribution in [1.29, 1.82) is 0 Å². The van der Waals surface area contributed by atoms with E-state index in [1.165, 1.54) is 14.7 Å². The predicted molar refractivity (Wildman–Crippen MR) is 122 cm³/mol. The number of benzene rings is 3. The van der Waals surface area contributed by atoms with Crippen molar-refractivity contribution in [3.63, 3.8) is 0 Å². The fraction of sp³-hybridized carbons (Fsp3) is 0. The molecule has 2 nitrogen and oxygen atoms in total. The van der Waals surface area contributed by atoms with Gasteiger partial charge in [-0.2, -0.15) is 0 Å². The minimum atomic E-state index is 1.05. The molecule has 3 aromatic carbocycles. The summed E-state index contributed by atoms with van der Waals surface area (Å²) in [6, 6.07) is 23.4. The van der Waals surface area contributed by atoms with Crippen LogP contribution in [0.15, 0.2) is 117 Å². The van der Waals surface area contributed by atoms with Crippen LogP contribution < -0.4 is 10.2 Å². The van der Waals surface area contributed by atoms with E-state index in [0.29, 0.717) is 0 Å². The average molecular weight is 399 g/mol. The first kappa shape index (κ1) is 17.3. The van der Waals surface area contributed by atoms with Gasteiger partial charge in [0.25, 0.3) is 0 Å². The van der Waals surface area contributed by atoms with Gasteiger partial charge in [0.05, 0.1) is 28.4 Å². The molecule has 0 saturated carbocycles. The Morgan fingerprint density at radius 3 is 2.25 bits per heavy atom. The molecule has 0 fully saturated rings. The third kappa shape index (κ3) is 2.68. The molecule has 0 radical (unpaired) electrons. The number of anilines is 4. The molecule has 0 aliphatic carbocycles. The second-order valence-corrected chi connectivity index (χ2v) is 8.60. The molecular formula is C24H18N2S2. The summed E-state index contributed by atoms with van der Waals surface area (Å²) in [6.45, 7) is 8.12. The third-order valence-electron chi connectivity index (χ3n) is 4.81. The molecule has 0 bridgehead atoms. The molecular weight excluding hydrogens is 380 g/mol. The SMILES string of the molecule is C=CC1=C(C=C)N(c2cccc3c2Nc2ccccc2S3)c2ccccc2S1. The lowest BCUT2D eigenvalue weighted by molar-refractivity contribution is 1.14. The molecule has 0 aromatic heterocycles. The van der Waals surface area contributed by atoms with E-state index in [4.69, 9.17) is 0 Å². The molecule has 2 aliphatic rings. The zero-order valence-electron chi connectivity index (χ0n) is 15.2. The summed E-state index contributed by atoms with van der Waals surface area (Å²) >= 11 is 3.54. The first-order valence-corrected chi connectivity index (χ1v) is 10.7. The highest BCUT2D eigenvalue weighted by Gasteiger charge is 2.28. The highest BCUT2D eigenvalue weighted by atomic mass is 32.2. The molecule has 28 heavy (non-hydrogen) atoms. The van der Waals surface area contributed by atoms with Gasteiger partial charge in [-0.3, -0.25) is 0 Å². The van der Waals surface area contributed by atoms with Gasteiger partial charge in [0, 0.05) is 19.6 Å². The summed E-state index contributed by atoms with van der Waals surface area (Å²) in [6.07, 6.45) is 3.83. The van der Waals surface area contributed by atoms with Crippen LogP contribution >= 0.6 is 23.5 Å². The lowest BCUT2D eigenvalue weighted by Crippen LogP contribution is -2.21. The highest BCUT2D eigenvalue weighted by molar-refractivity contribution is 8.03. The van der Waals surface area contributed by atoms with E-state index >= 15 is 0 Å². The van der Waals surface area contributed by atoms with Crippen molar-refractivity contribution in [2.75, 3.05) is 10.2 Å². The van der Waals surface area contributed by atoms with Crippen LogP contribution in [0.4, 0.5) is 22.7 Å². The van der Waals surface area contributed by atoms with Crippen molar-refractivity contribution in [3.05, 3.63) is 103 Å². The van der Waals surface area contributed by atoms with Gasteiger partial charge < -0.3 is 10.2 Å². The molecule has 4 heteroatoms. The van der Waals surface area contributed by atoms with Crippen LogP contribution in [0.25, 0.3) is 0 Å². The van der Waals surface area contributed by atoms with Crippen LogP contribution in [0, 0.1) is 0 Å². The fourth-order valence-corrected chi connectivity index (χ4v) is 5.59. The largest absolute Gasteiger partial charge is 0.352 e. The fourth-order valence-electron chi connectivity index (χ4n) is 3.57. The van der Waals surface area contributed by atoms with Gasteiger partial charge in [-0.05, 0) is 42.5 Å². The summed E-state index contributed by atoms with van der Waals surface area (Å²) < 4.78 is 0. The van der Waals surface area contributed by atoms with Crippen molar-refractivity contribution >= 4 is 46.3 Å². The van der Waals surface area contributed by atoms with Crippen molar-refractivity contribution < 1.29 is 0 Å². The normalized spacial score (nSPS) is 14.5. The molecule has 1 N–H and O–H groups in total. The summed E-state index contributed by atoms with van der Waals surface area (Å²) in [4.78, 5) is 7.07. The quantitative estimate of drug-likeness (QED) is 0.380. The Morgan fingerprint density at radius 1 is 0.714 bits per heavy atom. The van der Waals surface area contributed by atoms with Gasteiger partial charge in [-0.15, -0.1) is 0 Å². The Hall–Kier alpha value is -2.82. The Morgan fingerprint density at radius 2 is 1.43 bits per heavy atom. The average Bonchev–Trinajstić information content (AvgIpc) is 2.75. The second kappa shape index (κ2) is 6.97. The van der Waals surface area contributed by atoms with Gasteiger partial charge in [-0.1, -0.05) is 73.1 Å². The maximum atomic E-state index is 4.09. The number of nitrogens with one attached hydrogen (secondary N) is 1. The summed E-state index contributed by atoms with van der Waals surface area (Å²) in [7, 11) is 0. The van der Waals surface area contributed by atoms with Crippen molar-refractivity contribution in [2.24, 2.45) is 0 Å². The molecule has 3 aromatic rings. The van der Waals surface area contributed by atoms with E-state index in [1.807, 2.05) is 12.2 Å². The van der Waals surface area contributed by atoms with Gasteiger partial charge in [-0.25, -0.2) is 0 Å². The Labute approximate surface area is 173 Å². The van der Waals surface area contributed by atoms with E-state index in [9.17, 15) is 0 Å². The lowest BCUT2D eigenvalue weighted by Gasteiger charge is -2.35. The highest BCUT2D eigenvalue weighted by Crippen LogP contribution is 2.53. The zero-order chi connectivity index (χ0) is 19.1. The van der Waals surface area contributed by atoms with Gasteiger partial charge in [0.2, 0.25) is 0 Å². The van der Waals surface area contributed by atoms with Crippen molar-refractivity contribution in [1.82, 2.24) is 0 Å². The van der Waals surface area contributed by atoms with Gasteiger partial charge in [0.1, 0.15) is 0 Å². The van der Waals surface area contributed by atoms with Crippen LogP contribution in [0.5, 0.6) is 0 Å². The van der Waals surface area contributed by atoms with E-state index < -0.39 is 0 Å². The van der Waals surface area contributed by atoms with Crippen LogP contribution in [-0.2, 0) is 0 Å². The van der Waals surface area contributed by atoms with Gasteiger partial charge >= 0.3 is 0 Å². The summed E-state index contributed by atoms with van der Waals surface area (Å²) in [5, 5.41) is 3.66. The zero-order valence-corrected chi connectivity index (χ0v) is 16.8. The van der Waals surface area contributed by atoms with E-state index in [0.717, 1.165) is 33.4 Å². The number of rotatable bonds is 3. The van der Waals surface area contributed by atoms with Gasteiger partial charge in [0.15, 0.2) is 0 Å². The van der Waals surface area contributed by atoms with Crippen molar-refractivity contribution in [2.45, 2.75) is 14.7 Å². The molecule has 136 valence electrons. The molecule has 2 heterocycles. The maximum Gasteiger partial charge on any atom is 0.0771 e. The lowest BCUT2D eigenvalue weighted by atomic mass is 10.1. The number of para-hydroxylation sites is 3. The predicted octanol–water partition coefficient (Wildman–Crippen LogP) is 7.72. The molecule has 2 aliphatic heterocycles. The van der Waals surface area contributed by atoms with Crippen molar-refractivity contribution in [3.8, 4) is 0 Å². The third-order valence-corrected chi connectivity index (χ3v) is 7.11. The molecule has 0 atom stereocenters. The topological polar surface area (TPSA) is 15.3 Å². The first-order valence-electron chi connectivity index (χ1n) is 9.03. The Bertz CT molecular complexity index is 1150. The molecule has 0 spiro atoms. The minimum absolute atomic E-state index is 1.05. The number of hydrogen-bond donors (Lipinski definition) is 1. The summed E-state index contributed by atoms with van der Waals surface area (Å²) in [5.74, 6) is 0. The second-order valence-electron chi connectivity index (χ2n) is 6.44.